The van der Waals surface area contributed by atoms with Crippen LogP contribution in [0.3, 0.4) is 0 Å². The van der Waals surface area contributed by atoms with Crippen molar-refractivity contribution in [2.45, 2.75) is 47.7 Å². The predicted octanol–water partition coefficient (Wildman–Crippen LogP) is 0.944. The second-order valence-corrected chi connectivity index (χ2v) is 7.36. The Kier molecular flexibility index (Phi) is 4.63. The number of aromatic nitrogens is 6. The molecule has 9 heteroatoms. The summed E-state index contributed by atoms with van der Waals surface area (Å²) in [6, 6.07) is 1.92. The Bertz CT molecular complexity index is 1160. The van der Waals surface area contributed by atoms with Crippen LogP contribution in [0.25, 0.3) is 17.1 Å². The zero-order valence-electron chi connectivity index (χ0n) is 16.5. The first-order valence-electron chi connectivity index (χ1n) is 8.85. The highest BCUT2D eigenvalue weighted by Crippen LogP contribution is 2.18. The lowest BCUT2D eigenvalue weighted by Gasteiger charge is -2.13. The highest BCUT2D eigenvalue weighted by Gasteiger charge is 2.23. The minimum atomic E-state index is -0.559. The smallest absolute Gasteiger partial charge is 0.302 e. The molecule has 0 aromatic carbocycles. The summed E-state index contributed by atoms with van der Waals surface area (Å²) in [5.74, 6) is 0.454. The van der Waals surface area contributed by atoms with Crippen LogP contribution in [0.15, 0.2) is 15.7 Å². The second-order valence-electron chi connectivity index (χ2n) is 7.36. The van der Waals surface area contributed by atoms with E-state index in [1.165, 1.54) is 11.5 Å². The van der Waals surface area contributed by atoms with E-state index in [1.54, 1.807) is 16.3 Å². The summed E-state index contributed by atoms with van der Waals surface area (Å²) >= 11 is 0. The van der Waals surface area contributed by atoms with Crippen molar-refractivity contribution in [2.24, 2.45) is 13.0 Å². The standard InChI is InChI=1S/C18H24N6O3/c1-10(2)8-22-14-15(19-17(22)24-12(4)7-11(3)20-24)21(6)18(27)23(16(14)26)9-13(5)25/h7,10H,8-9H2,1-6H3. The molecule has 0 aliphatic heterocycles. The van der Waals surface area contributed by atoms with Crippen molar-refractivity contribution in [3.8, 4) is 5.95 Å². The number of rotatable bonds is 5. The predicted molar refractivity (Wildman–Crippen MR) is 101 cm³/mol. The van der Waals surface area contributed by atoms with E-state index in [0.717, 1.165) is 16.0 Å². The first-order valence-corrected chi connectivity index (χ1v) is 8.85. The lowest BCUT2D eigenvalue weighted by molar-refractivity contribution is -0.117. The number of carbonyl (C=O) groups excluding carboxylic acids is 1. The van der Waals surface area contributed by atoms with Gasteiger partial charge in [-0.2, -0.15) is 10.1 Å². The maximum atomic E-state index is 13.1. The molecule has 3 rings (SSSR count). The summed E-state index contributed by atoms with van der Waals surface area (Å²) in [5.41, 5.74) is 1.23. The quantitative estimate of drug-likeness (QED) is 0.664. The summed E-state index contributed by atoms with van der Waals surface area (Å²) in [7, 11) is 1.55. The van der Waals surface area contributed by atoms with Crippen molar-refractivity contribution < 1.29 is 4.79 Å². The molecule has 0 saturated heterocycles. The third kappa shape index (κ3) is 3.13. The molecular weight excluding hydrogens is 348 g/mol. The van der Waals surface area contributed by atoms with Gasteiger partial charge in [0.1, 0.15) is 5.78 Å². The van der Waals surface area contributed by atoms with Crippen LogP contribution in [-0.4, -0.2) is 34.2 Å². The summed E-state index contributed by atoms with van der Waals surface area (Å²) in [4.78, 5) is 41.8. The number of ketones is 1. The minimum absolute atomic E-state index is 0.232. The van der Waals surface area contributed by atoms with Crippen LogP contribution in [0.1, 0.15) is 32.2 Å². The lowest BCUT2D eigenvalue weighted by Crippen LogP contribution is -2.41. The van der Waals surface area contributed by atoms with Crippen molar-refractivity contribution in [3.05, 3.63) is 38.3 Å². The zero-order chi connectivity index (χ0) is 20.0. The third-order valence-corrected chi connectivity index (χ3v) is 4.34. The van der Waals surface area contributed by atoms with E-state index >= 15 is 0 Å². The number of Topliss-reactive ketones (excluding diaryl/α,β-unsaturated/α-hetero) is 1. The number of hydrogen-bond donors (Lipinski definition) is 0. The molecule has 0 saturated carbocycles. The molecule has 0 aliphatic carbocycles. The van der Waals surface area contributed by atoms with Gasteiger partial charge >= 0.3 is 5.69 Å². The van der Waals surface area contributed by atoms with E-state index in [1.807, 2.05) is 33.8 Å². The fourth-order valence-corrected chi connectivity index (χ4v) is 3.25. The van der Waals surface area contributed by atoms with Gasteiger partial charge in [-0.15, -0.1) is 0 Å². The van der Waals surface area contributed by atoms with Crippen LogP contribution >= 0.6 is 0 Å². The Morgan fingerprint density at radius 2 is 1.85 bits per heavy atom. The molecular formula is C18H24N6O3. The zero-order valence-corrected chi connectivity index (χ0v) is 16.5. The van der Waals surface area contributed by atoms with Crippen LogP contribution in [-0.2, 0) is 24.9 Å². The molecule has 0 amide bonds. The van der Waals surface area contributed by atoms with Gasteiger partial charge in [-0.1, -0.05) is 13.8 Å². The summed E-state index contributed by atoms with van der Waals surface area (Å²) in [6.07, 6.45) is 0. The number of hydrogen-bond acceptors (Lipinski definition) is 5. The van der Waals surface area contributed by atoms with Crippen molar-refractivity contribution >= 4 is 16.9 Å². The summed E-state index contributed by atoms with van der Waals surface area (Å²) in [5, 5.41) is 4.48. The Hall–Kier alpha value is -2.97. The number of imidazole rings is 1. The molecule has 0 radical (unpaired) electrons. The normalized spacial score (nSPS) is 11.7. The third-order valence-electron chi connectivity index (χ3n) is 4.34. The molecule has 0 N–H and O–H groups in total. The van der Waals surface area contributed by atoms with Crippen LogP contribution in [0.4, 0.5) is 0 Å². The van der Waals surface area contributed by atoms with Crippen LogP contribution in [0, 0.1) is 19.8 Å². The molecule has 0 spiro atoms. The number of fused-ring (bicyclic) bond motifs is 1. The van der Waals surface area contributed by atoms with Gasteiger partial charge in [0.2, 0.25) is 5.95 Å². The monoisotopic (exact) mass is 372 g/mol. The van der Waals surface area contributed by atoms with Crippen LogP contribution in [0.5, 0.6) is 0 Å². The molecule has 0 atom stereocenters. The van der Waals surface area contributed by atoms with Gasteiger partial charge in [0.25, 0.3) is 5.56 Å². The van der Waals surface area contributed by atoms with E-state index in [-0.39, 0.29) is 23.9 Å². The first kappa shape index (κ1) is 18.8. The maximum Gasteiger partial charge on any atom is 0.332 e. The molecule has 0 bridgehead atoms. The van der Waals surface area contributed by atoms with E-state index in [0.29, 0.717) is 18.0 Å². The second kappa shape index (κ2) is 6.64. The molecule has 0 unspecified atom stereocenters. The molecule has 3 aromatic rings. The Labute approximate surface area is 155 Å². The van der Waals surface area contributed by atoms with Gasteiger partial charge in [-0.25, -0.2) is 9.48 Å². The Morgan fingerprint density at radius 1 is 1.19 bits per heavy atom. The number of aryl methyl sites for hydroxylation is 3. The van der Waals surface area contributed by atoms with Crippen LogP contribution < -0.4 is 11.2 Å². The van der Waals surface area contributed by atoms with Crippen molar-refractivity contribution in [2.75, 3.05) is 0 Å². The average molecular weight is 372 g/mol. The van der Waals surface area contributed by atoms with Crippen molar-refractivity contribution in [1.29, 1.82) is 0 Å². The molecule has 0 aliphatic rings. The minimum Gasteiger partial charge on any atom is -0.302 e. The molecule has 3 aromatic heterocycles. The van der Waals surface area contributed by atoms with Gasteiger partial charge in [0, 0.05) is 19.3 Å². The highest BCUT2D eigenvalue weighted by molar-refractivity contribution is 5.76. The average Bonchev–Trinajstić information content (AvgIpc) is 3.08. The molecule has 9 nitrogen and oxygen atoms in total. The molecule has 0 fully saturated rings. The summed E-state index contributed by atoms with van der Waals surface area (Å²) < 4.78 is 5.74. The van der Waals surface area contributed by atoms with E-state index in [9.17, 15) is 14.4 Å². The topological polar surface area (TPSA) is 96.7 Å². The number of nitrogens with zero attached hydrogens (tertiary/aromatic N) is 6. The van der Waals surface area contributed by atoms with Gasteiger partial charge in [0.15, 0.2) is 11.2 Å². The fourth-order valence-electron chi connectivity index (χ4n) is 3.25. The lowest BCUT2D eigenvalue weighted by atomic mass is 10.2. The fraction of sp³-hybridized carbons (Fsp3) is 0.500. The number of carbonyl (C=O) groups is 1. The molecule has 144 valence electrons. The summed E-state index contributed by atoms with van der Waals surface area (Å²) in [6.45, 7) is 9.48. The van der Waals surface area contributed by atoms with E-state index < -0.39 is 11.2 Å². The van der Waals surface area contributed by atoms with Gasteiger partial charge in [-0.05, 0) is 32.8 Å². The van der Waals surface area contributed by atoms with Crippen molar-refractivity contribution in [3.63, 3.8) is 0 Å². The van der Waals surface area contributed by atoms with Gasteiger partial charge < -0.3 is 4.57 Å². The molecule has 3 heterocycles. The van der Waals surface area contributed by atoms with Gasteiger partial charge in [-0.3, -0.25) is 18.7 Å². The van der Waals surface area contributed by atoms with Crippen LogP contribution in [0.2, 0.25) is 0 Å². The SMILES string of the molecule is CC(=O)Cn1c(=O)c2c(nc(-n3nc(C)cc3C)n2CC(C)C)n(C)c1=O. The van der Waals surface area contributed by atoms with Crippen molar-refractivity contribution in [1.82, 2.24) is 28.5 Å². The largest absolute Gasteiger partial charge is 0.332 e. The van der Waals surface area contributed by atoms with E-state index in [4.69, 9.17) is 0 Å². The Balaban J connectivity index is 2.45. The first-order chi connectivity index (χ1) is 12.6. The Morgan fingerprint density at radius 3 is 2.37 bits per heavy atom. The van der Waals surface area contributed by atoms with E-state index in [2.05, 4.69) is 10.1 Å². The maximum absolute atomic E-state index is 13.1. The van der Waals surface area contributed by atoms with Gasteiger partial charge in [0.05, 0.1) is 12.2 Å². The molecule has 27 heavy (non-hydrogen) atoms. The highest BCUT2D eigenvalue weighted by atomic mass is 16.2.